The Bertz CT molecular complexity index is 216. The molecular weight excluding hydrogens is 140 g/mol. The lowest BCUT2D eigenvalue weighted by Crippen LogP contribution is -1.97. The molecule has 0 atom stereocenters. The molecular formula is C8H14N2O. The van der Waals surface area contributed by atoms with E-state index in [1.165, 1.54) is 0 Å². The van der Waals surface area contributed by atoms with Crippen LogP contribution in [0, 0.1) is 0 Å². The maximum absolute atomic E-state index is 5.64. The van der Waals surface area contributed by atoms with Gasteiger partial charge in [-0.25, -0.2) is 0 Å². The summed E-state index contributed by atoms with van der Waals surface area (Å²) in [7, 11) is 0. The second-order valence-electron chi connectivity index (χ2n) is 2.66. The van der Waals surface area contributed by atoms with Crippen LogP contribution in [0.2, 0.25) is 0 Å². The Kier molecular flexibility index (Phi) is 2.52. The molecule has 0 aliphatic carbocycles. The van der Waals surface area contributed by atoms with Crippen LogP contribution < -0.4 is 5.73 Å². The molecule has 0 amide bonds. The first-order valence-electron chi connectivity index (χ1n) is 3.99. The van der Waals surface area contributed by atoms with Crippen molar-refractivity contribution >= 4 is 5.69 Å². The fourth-order valence-electron chi connectivity index (χ4n) is 1.23. The fraction of sp³-hybridized carbons (Fsp3) is 0.625. The van der Waals surface area contributed by atoms with Gasteiger partial charge in [0.2, 0.25) is 0 Å². The Balaban J connectivity index is 2.81. The zero-order valence-corrected chi connectivity index (χ0v) is 7.00. The number of hydrogen-bond donors (Lipinski definition) is 1. The highest BCUT2D eigenvalue weighted by Gasteiger charge is 2.14. The Morgan fingerprint density at radius 1 is 1.55 bits per heavy atom. The summed E-state index contributed by atoms with van der Waals surface area (Å²) in [5, 5.41) is 3.64. The SMILES string of the molecule is CCC(CC)c1oncc1N. The molecule has 62 valence electrons. The van der Waals surface area contributed by atoms with E-state index in [4.69, 9.17) is 10.3 Å². The fourth-order valence-corrected chi connectivity index (χ4v) is 1.23. The molecule has 1 rings (SSSR count). The number of nitrogen functional groups attached to an aromatic ring is 1. The predicted molar refractivity (Wildman–Crippen MR) is 44.2 cm³/mol. The molecule has 2 N–H and O–H groups in total. The van der Waals surface area contributed by atoms with Crippen LogP contribution in [0.3, 0.4) is 0 Å². The molecule has 0 aromatic carbocycles. The second-order valence-corrected chi connectivity index (χ2v) is 2.66. The Hall–Kier alpha value is -0.990. The molecule has 0 unspecified atom stereocenters. The topological polar surface area (TPSA) is 52.0 Å². The quantitative estimate of drug-likeness (QED) is 0.725. The van der Waals surface area contributed by atoms with E-state index in [0.29, 0.717) is 11.6 Å². The zero-order chi connectivity index (χ0) is 8.27. The van der Waals surface area contributed by atoms with Gasteiger partial charge in [0.25, 0.3) is 0 Å². The number of nitrogens with two attached hydrogens (primary N) is 1. The van der Waals surface area contributed by atoms with Gasteiger partial charge in [-0.1, -0.05) is 19.0 Å². The van der Waals surface area contributed by atoms with Crippen LogP contribution in [0.15, 0.2) is 10.7 Å². The Morgan fingerprint density at radius 3 is 2.55 bits per heavy atom. The van der Waals surface area contributed by atoms with Crippen LogP contribution in [0.25, 0.3) is 0 Å². The molecule has 0 spiro atoms. The van der Waals surface area contributed by atoms with E-state index in [1.807, 2.05) is 0 Å². The molecule has 0 radical (unpaired) electrons. The van der Waals surface area contributed by atoms with Crippen LogP contribution in [0.1, 0.15) is 38.4 Å². The van der Waals surface area contributed by atoms with Crippen molar-refractivity contribution in [3.05, 3.63) is 12.0 Å². The normalized spacial score (nSPS) is 10.8. The molecule has 3 heteroatoms. The van der Waals surface area contributed by atoms with Gasteiger partial charge in [-0.05, 0) is 12.8 Å². The minimum atomic E-state index is 0.428. The van der Waals surface area contributed by atoms with Crippen molar-refractivity contribution in [3.63, 3.8) is 0 Å². The number of nitrogens with zero attached hydrogens (tertiary/aromatic N) is 1. The third-order valence-electron chi connectivity index (χ3n) is 1.98. The van der Waals surface area contributed by atoms with Gasteiger partial charge in [0.1, 0.15) is 0 Å². The predicted octanol–water partition coefficient (Wildman–Crippen LogP) is 2.16. The van der Waals surface area contributed by atoms with Crippen molar-refractivity contribution in [1.82, 2.24) is 5.16 Å². The second kappa shape index (κ2) is 3.42. The molecule has 1 aromatic heterocycles. The lowest BCUT2D eigenvalue weighted by molar-refractivity contribution is 0.354. The van der Waals surface area contributed by atoms with Gasteiger partial charge >= 0.3 is 0 Å². The number of aromatic nitrogens is 1. The first kappa shape index (κ1) is 8.11. The maximum atomic E-state index is 5.64. The molecule has 1 heterocycles. The molecule has 0 aliphatic rings. The van der Waals surface area contributed by atoms with Crippen molar-refractivity contribution in [1.29, 1.82) is 0 Å². The van der Waals surface area contributed by atoms with E-state index in [-0.39, 0.29) is 0 Å². The molecule has 0 fully saturated rings. The Morgan fingerprint density at radius 2 is 2.18 bits per heavy atom. The molecule has 0 saturated carbocycles. The summed E-state index contributed by atoms with van der Waals surface area (Å²) >= 11 is 0. The highest BCUT2D eigenvalue weighted by molar-refractivity contribution is 5.40. The minimum Gasteiger partial charge on any atom is -0.395 e. The number of hydrogen-bond acceptors (Lipinski definition) is 3. The maximum Gasteiger partial charge on any atom is 0.162 e. The van der Waals surface area contributed by atoms with Gasteiger partial charge in [-0.3, -0.25) is 0 Å². The van der Waals surface area contributed by atoms with E-state index < -0.39 is 0 Å². The number of anilines is 1. The summed E-state index contributed by atoms with van der Waals surface area (Å²) in [5.74, 6) is 1.27. The monoisotopic (exact) mass is 154 g/mol. The summed E-state index contributed by atoms with van der Waals surface area (Å²) in [6.45, 7) is 4.24. The summed E-state index contributed by atoms with van der Waals surface area (Å²) in [5.41, 5.74) is 6.32. The molecule has 1 aromatic rings. The zero-order valence-electron chi connectivity index (χ0n) is 7.00. The highest BCUT2D eigenvalue weighted by atomic mass is 16.5. The van der Waals surface area contributed by atoms with Crippen molar-refractivity contribution in [3.8, 4) is 0 Å². The van der Waals surface area contributed by atoms with Gasteiger partial charge in [0, 0.05) is 5.92 Å². The lowest BCUT2D eigenvalue weighted by Gasteiger charge is -2.07. The van der Waals surface area contributed by atoms with Crippen LogP contribution >= 0.6 is 0 Å². The highest BCUT2D eigenvalue weighted by Crippen LogP contribution is 2.26. The van der Waals surface area contributed by atoms with Crippen LogP contribution in [0.4, 0.5) is 5.69 Å². The molecule has 0 aliphatic heterocycles. The third-order valence-corrected chi connectivity index (χ3v) is 1.98. The van der Waals surface area contributed by atoms with Gasteiger partial charge in [0.15, 0.2) is 5.76 Å². The molecule has 3 nitrogen and oxygen atoms in total. The smallest absolute Gasteiger partial charge is 0.162 e. The van der Waals surface area contributed by atoms with Gasteiger partial charge in [-0.15, -0.1) is 0 Å². The Labute approximate surface area is 66.6 Å². The van der Waals surface area contributed by atoms with Crippen LogP contribution in [-0.4, -0.2) is 5.16 Å². The van der Waals surface area contributed by atoms with E-state index in [9.17, 15) is 0 Å². The summed E-state index contributed by atoms with van der Waals surface area (Å²) < 4.78 is 5.03. The van der Waals surface area contributed by atoms with Gasteiger partial charge in [-0.2, -0.15) is 0 Å². The van der Waals surface area contributed by atoms with Gasteiger partial charge in [0.05, 0.1) is 11.9 Å². The standard InChI is InChI=1S/C8H14N2O/c1-3-6(4-2)8-7(9)5-10-11-8/h5-6H,3-4,9H2,1-2H3. The number of rotatable bonds is 3. The van der Waals surface area contributed by atoms with Gasteiger partial charge < -0.3 is 10.3 Å². The van der Waals surface area contributed by atoms with Crippen molar-refractivity contribution in [2.24, 2.45) is 0 Å². The summed E-state index contributed by atoms with van der Waals surface area (Å²) in [6.07, 6.45) is 3.67. The first-order chi connectivity index (χ1) is 5.29. The molecule has 0 saturated heterocycles. The average molecular weight is 154 g/mol. The summed E-state index contributed by atoms with van der Waals surface area (Å²) in [4.78, 5) is 0. The largest absolute Gasteiger partial charge is 0.395 e. The van der Waals surface area contributed by atoms with E-state index in [1.54, 1.807) is 6.20 Å². The first-order valence-corrected chi connectivity index (χ1v) is 3.99. The van der Waals surface area contributed by atoms with Crippen LogP contribution in [-0.2, 0) is 0 Å². The average Bonchev–Trinajstić information content (AvgIpc) is 2.40. The summed E-state index contributed by atoms with van der Waals surface area (Å²) in [6, 6.07) is 0. The molecule has 0 bridgehead atoms. The minimum absolute atomic E-state index is 0.428. The van der Waals surface area contributed by atoms with Crippen molar-refractivity contribution in [2.45, 2.75) is 32.6 Å². The molecule has 11 heavy (non-hydrogen) atoms. The van der Waals surface area contributed by atoms with E-state index >= 15 is 0 Å². The lowest BCUT2D eigenvalue weighted by atomic mass is 10.00. The van der Waals surface area contributed by atoms with Crippen molar-refractivity contribution < 1.29 is 4.52 Å². The van der Waals surface area contributed by atoms with Crippen LogP contribution in [0.5, 0.6) is 0 Å². The van der Waals surface area contributed by atoms with Crippen molar-refractivity contribution in [2.75, 3.05) is 5.73 Å². The van der Waals surface area contributed by atoms with E-state index in [2.05, 4.69) is 19.0 Å². The van der Waals surface area contributed by atoms with E-state index in [0.717, 1.165) is 18.6 Å². The third kappa shape index (κ3) is 1.53.